The van der Waals surface area contributed by atoms with Gasteiger partial charge in [0.1, 0.15) is 13.7 Å². The van der Waals surface area contributed by atoms with Crippen LogP contribution >= 0.6 is 11.3 Å². The maximum atomic E-state index is 13.9. The number of carbonyl (C=O) groups excluding carboxylic acids is 1. The Hall–Kier alpha value is -2.93. The molecule has 1 amide bonds. The van der Waals surface area contributed by atoms with Gasteiger partial charge in [0.25, 0.3) is 5.91 Å². The Morgan fingerprint density at radius 2 is 1.92 bits per heavy atom. The molecule has 134 valence electrons. The van der Waals surface area contributed by atoms with Gasteiger partial charge in [-0.25, -0.2) is 4.39 Å². The number of ether oxygens (including phenoxy) is 1. The van der Waals surface area contributed by atoms with Crippen molar-refractivity contribution in [3.8, 4) is 5.75 Å². The van der Waals surface area contributed by atoms with Gasteiger partial charge in [-0.3, -0.25) is 4.79 Å². The summed E-state index contributed by atoms with van der Waals surface area (Å²) in [6, 6.07) is 13.9. The van der Waals surface area contributed by atoms with Crippen LogP contribution in [0.15, 0.2) is 53.7 Å². The zero-order valence-corrected chi connectivity index (χ0v) is 15.1. The van der Waals surface area contributed by atoms with Crippen molar-refractivity contribution < 1.29 is 18.8 Å². The van der Waals surface area contributed by atoms with Crippen molar-refractivity contribution in [3.63, 3.8) is 0 Å². The number of benzene rings is 2. The number of nitrogens with zero attached hydrogens (tertiary/aromatic N) is 1. The van der Waals surface area contributed by atoms with E-state index in [9.17, 15) is 9.18 Å². The summed E-state index contributed by atoms with van der Waals surface area (Å²) in [5, 5.41) is 7.37. The molecule has 0 aliphatic carbocycles. The first-order chi connectivity index (χ1) is 12.7. The predicted octanol–water partition coefficient (Wildman–Crippen LogP) is 3.72. The minimum Gasteiger partial charge on any atom is -0.486 e. The van der Waals surface area contributed by atoms with Gasteiger partial charge >= 0.3 is 0 Å². The number of thiophene rings is 1. The predicted molar refractivity (Wildman–Crippen MR) is 100 cm³/mol. The highest BCUT2D eigenvalue weighted by Gasteiger charge is 2.23. The van der Waals surface area contributed by atoms with Crippen LogP contribution in [-0.4, -0.2) is 25.8 Å². The third-order valence-electron chi connectivity index (χ3n) is 3.75. The summed E-state index contributed by atoms with van der Waals surface area (Å²) in [5.74, 6) is -0.657. The van der Waals surface area contributed by atoms with Crippen LogP contribution in [0, 0.1) is 5.82 Å². The molecule has 0 saturated carbocycles. The highest BCUT2D eigenvalue weighted by Crippen LogP contribution is 2.33. The number of fused-ring (bicyclic) bond motifs is 1. The molecule has 0 fully saturated rings. The molecule has 0 unspecified atom stereocenters. The van der Waals surface area contributed by atoms with Crippen molar-refractivity contribution in [1.82, 2.24) is 5.32 Å². The molecule has 0 aliphatic rings. The number of carbonyl (C=O) groups is 1. The van der Waals surface area contributed by atoms with E-state index < -0.39 is 5.82 Å². The number of oxime groups is 1. The van der Waals surface area contributed by atoms with Gasteiger partial charge < -0.3 is 14.9 Å². The van der Waals surface area contributed by atoms with Crippen molar-refractivity contribution in [3.05, 3.63) is 64.8 Å². The molecular weight excluding hydrogens is 355 g/mol. The zero-order valence-electron chi connectivity index (χ0n) is 14.3. The van der Waals surface area contributed by atoms with E-state index in [0.29, 0.717) is 4.88 Å². The van der Waals surface area contributed by atoms with Gasteiger partial charge in [-0.1, -0.05) is 35.5 Å². The fourth-order valence-electron chi connectivity index (χ4n) is 2.54. The van der Waals surface area contributed by atoms with Gasteiger partial charge in [-0.05, 0) is 23.6 Å². The normalized spacial score (nSPS) is 11.4. The monoisotopic (exact) mass is 372 g/mol. The fourth-order valence-corrected chi connectivity index (χ4v) is 3.73. The van der Waals surface area contributed by atoms with Crippen LogP contribution in [0.25, 0.3) is 10.1 Å². The van der Waals surface area contributed by atoms with E-state index in [1.807, 2.05) is 24.3 Å². The quantitative estimate of drug-likeness (QED) is 0.530. The molecule has 0 atom stereocenters. The molecular formula is C19H17FN2O3S. The minimum atomic E-state index is -0.439. The summed E-state index contributed by atoms with van der Waals surface area (Å²) in [5.41, 5.74) is 0.914. The largest absolute Gasteiger partial charge is 0.486 e. The van der Waals surface area contributed by atoms with Crippen LogP contribution in [0.3, 0.4) is 0 Å². The molecule has 0 saturated heterocycles. The Morgan fingerprint density at radius 1 is 1.19 bits per heavy atom. The molecule has 2 aromatic carbocycles. The van der Waals surface area contributed by atoms with Gasteiger partial charge in [0.05, 0.1) is 4.88 Å². The van der Waals surface area contributed by atoms with E-state index in [1.165, 1.54) is 31.6 Å². The Bertz CT molecular complexity index is 968. The smallest absolute Gasteiger partial charge is 0.274 e. The second-order valence-corrected chi connectivity index (χ2v) is 6.38. The van der Waals surface area contributed by atoms with E-state index in [0.717, 1.165) is 15.6 Å². The van der Waals surface area contributed by atoms with E-state index in [2.05, 4.69) is 10.5 Å². The lowest BCUT2D eigenvalue weighted by Crippen LogP contribution is -2.28. The first kappa shape index (κ1) is 17.9. The molecule has 1 heterocycles. The van der Waals surface area contributed by atoms with Gasteiger partial charge in [-0.2, -0.15) is 0 Å². The molecule has 26 heavy (non-hydrogen) atoms. The number of halogens is 1. The maximum Gasteiger partial charge on any atom is 0.274 e. The third kappa shape index (κ3) is 3.52. The Balaban J connectivity index is 2.06. The van der Waals surface area contributed by atoms with Crippen molar-refractivity contribution in [2.75, 3.05) is 14.2 Å². The van der Waals surface area contributed by atoms with Crippen LogP contribution in [0.2, 0.25) is 0 Å². The molecule has 0 bridgehead atoms. The molecule has 0 aliphatic heterocycles. The van der Waals surface area contributed by atoms with Crippen LogP contribution in [0.4, 0.5) is 4.39 Å². The number of likely N-dealkylation sites (N-methyl/N-ethyl adjacent to an activating group) is 1. The summed E-state index contributed by atoms with van der Waals surface area (Å²) in [4.78, 5) is 17.7. The summed E-state index contributed by atoms with van der Waals surface area (Å²) < 4.78 is 20.5. The van der Waals surface area contributed by atoms with Crippen molar-refractivity contribution in [1.29, 1.82) is 0 Å². The van der Waals surface area contributed by atoms with Crippen molar-refractivity contribution >= 4 is 33.0 Å². The first-order valence-corrected chi connectivity index (χ1v) is 8.68. The number of para-hydroxylation sites is 1. The second kappa shape index (κ2) is 7.97. The van der Waals surface area contributed by atoms with Gasteiger partial charge in [0.2, 0.25) is 0 Å². The number of amides is 1. The van der Waals surface area contributed by atoms with E-state index in [1.54, 1.807) is 18.2 Å². The lowest BCUT2D eigenvalue weighted by Gasteiger charge is -2.09. The topological polar surface area (TPSA) is 59.9 Å². The second-order valence-electron chi connectivity index (χ2n) is 5.33. The lowest BCUT2D eigenvalue weighted by molar-refractivity contribution is -0.114. The number of rotatable bonds is 6. The standard InChI is InChI=1S/C19H17FN2O3S/c1-21-19(23)17(22-24-2)18-13(12-7-3-6-10-16(12)26-18)11-25-15-9-5-4-8-14(15)20/h3-10H,11H2,1-2H3,(H,21,23)/b22-17-. The van der Waals surface area contributed by atoms with E-state index in [4.69, 9.17) is 9.57 Å². The molecule has 1 N–H and O–H groups in total. The highest BCUT2D eigenvalue weighted by molar-refractivity contribution is 7.21. The average molecular weight is 372 g/mol. The highest BCUT2D eigenvalue weighted by atomic mass is 32.1. The van der Waals surface area contributed by atoms with Crippen LogP contribution in [0.5, 0.6) is 5.75 Å². The molecule has 0 radical (unpaired) electrons. The van der Waals surface area contributed by atoms with Gasteiger partial charge in [0, 0.05) is 17.3 Å². The Morgan fingerprint density at radius 3 is 2.65 bits per heavy atom. The van der Waals surface area contributed by atoms with E-state index in [-0.39, 0.29) is 24.0 Å². The third-order valence-corrected chi connectivity index (χ3v) is 4.97. The Labute approximate surface area is 154 Å². The number of nitrogens with one attached hydrogen (secondary N) is 1. The number of hydrogen-bond donors (Lipinski definition) is 1. The molecule has 0 spiro atoms. The maximum absolute atomic E-state index is 13.9. The summed E-state index contributed by atoms with van der Waals surface area (Å²) in [7, 11) is 2.90. The van der Waals surface area contributed by atoms with Gasteiger partial charge in [-0.15, -0.1) is 11.3 Å². The molecule has 7 heteroatoms. The minimum absolute atomic E-state index is 0.0972. The summed E-state index contributed by atoms with van der Waals surface area (Å²) >= 11 is 1.41. The van der Waals surface area contributed by atoms with Crippen LogP contribution < -0.4 is 10.1 Å². The lowest BCUT2D eigenvalue weighted by atomic mass is 10.1. The average Bonchev–Trinajstić information content (AvgIpc) is 3.03. The van der Waals surface area contributed by atoms with Crippen molar-refractivity contribution in [2.24, 2.45) is 5.16 Å². The van der Waals surface area contributed by atoms with Crippen molar-refractivity contribution in [2.45, 2.75) is 6.61 Å². The fraction of sp³-hybridized carbons (Fsp3) is 0.158. The van der Waals surface area contributed by atoms with Gasteiger partial charge in [0.15, 0.2) is 17.3 Å². The molecule has 3 rings (SSSR count). The van der Waals surface area contributed by atoms with Crippen LogP contribution in [-0.2, 0) is 16.2 Å². The van der Waals surface area contributed by atoms with E-state index >= 15 is 0 Å². The summed E-state index contributed by atoms with van der Waals surface area (Å²) in [6.45, 7) is 0.0972. The Kier molecular flexibility index (Phi) is 5.48. The SMILES string of the molecule is CNC(=O)/C(=N\OC)c1sc2ccccc2c1COc1ccccc1F. The molecule has 1 aromatic heterocycles. The number of hydrogen-bond acceptors (Lipinski definition) is 5. The van der Waals surface area contributed by atoms with Crippen LogP contribution in [0.1, 0.15) is 10.4 Å². The first-order valence-electron chi connectivity index (χ1n) is 7.87. The molecule has 3 aromatic rings. The zero-order chi connectivity index (χ0) is 18.5. The summed E-state index contributed by atoms with van der Waals surface area (Å²) in [6.07, 6.45) is 0. The molecule has 5 nitrogen and oxygen atoms in total.